The molecule has 0 aliphatic carbocycles. The molecule has 0 fully saturated rings. The molecule has 2 N–H and O–H groups in total. The normalized spacial score (nSPS) is 13.4. The van der Waals surface area contributed by atoms with E-state index in [4.69, 9.17) is 4.74 Å². The largest absolute Gasteiger partial charge is 0.482 e. The highest BCUT2D eigenvalue weighted by atomic mass is 16.5. The van der Waals surface area contributed by atoms with Crippen LogP contribution in [0.25, 0.3) is 0 Å². The van der Waals surface area contributed by atoms with Crippen molar-refractivity contribution in [2.75, 3.05) is 17.3 Å². The second-order valence-electron chi connectivity index (χ2n) is 4.09. The number of ether oxygens (including phenoxy) is 1. The first kappa shape index (κ1) is 10.7. The second kappa shape index (κ2) is 4.44. The molecular formula is C13H13N3O2. The Morgan fingerprint density at radius 2 is 2.17 bits per heavy atom. The van der Waals surface area contributed by atoms with E-state index in [1.807, 2.05) is 47.4 Å². The van der Waals surface area contributed by atoms with E-state index in [0.717, 1.165) is 17.0 Å². The van der Waals surface area contributed by atoms with E-state index in [1.165, 1.54) is 0 Å². The molecule has 0 radical (unpaired) electrons. The standard InChI is InChI=1S/C13H13N3O2/c17-13-9-18-12-4-3-10(7-11(12)15-13)8-14-16-5-1-2-6-16/h1-7,14H,8-9H2,(H,15,17). The highest BCUT2D eigenvalue weighted by Gasteiger charge is 2.15. The average molecular weight is 243 g/mol. The van der Waals surface area contributed by atoms with E-state index in [1.54, 1.807) is 0 Å². The molecule has 0 bridgehead atoms. The minimum absolute atomic E-state index is 0.0912. The van der Waals surface area contributed by atoms with Crippen molar-refractivity contribution < 1.29 is 9.53 Å². The fraction of sp³-hybridized carbons (Fsp3) is 0.154. The maximum atomic E-state index is 11.2. The van der Waals surface area contributed by atoms with Crippen molar-refractivity contribution in [3.63, 3.8) is 0 Å². The molecule has 1 aromatic carbocycles. The van der Waals surface area contributed by atoms with Crippen molar-refractivity contribution in [1.29, 1.82) is 0 Å². The van der Waals surface area contributed by atoms with Crippen LogP contribution in [0.4, 0.5) is 5.69 Å². The number of fused-ring (bicyclic) bond motifs is 1. The number of anilines is 1. The number of hydrogen-bond acceptors (Lipinski definition) is 3. The van der Waals surface area contributed by atoms with Gasteiger partial charge in [0.05, 0.1) is 12.2 Å². The zero-order valence-corrected chi connectivity index (χ0v) is 9.72. The summed E-state index contributed by atoms with van der Waals surface area (Å²) in [5, 5.41) is 2.79. The van der Waals surface area contributed by atoms with Gasteiger partial charge < -0.3 is 15.5 Å². The minimum atomic E-state index is -0.113. The summed E-state index contributed by atoms with van der Waals surface area (Å²) in [5.41, 5.74) is 5.03. The van der Waals surface area contributed by atoms with Crippen LogP contribution in [-0.4, -0.2) is 17.2 Å². The molecule has 3 rings (SSSR count). The van der Waals surface area contributed by atoms with Gasteiger partial charge in [-0.2, -0.15) is 0 Å². The molecule has 0 unspecified atom stereocenters. The Kier molecular flexibility index (Phi) is 2.64. The molecule has 2 heterocycles. The Hall–Kier alpha value is -2.43. The molecule has 5 nitrogen and oxygen atoms in total. The molecule has 1 amide bonds. The smallest absolute Gasteiger partial charge is 0.262 e. The lowest BCUT2D eigenvalue weighted by Gasteiger charge is -2.18. The number of nitrogens with one attached hydrogen (secondary N) is 2. The number of carbonyl (C=O) groups is 1. The fourth-order valence-corrected chi connectivity index (χ4v) is 1.86. The lowest BCUT2D eigenvalue weighted by Crippen LogP contribution is -2.25. The topological polar surface area (TPSA) is 55.3 Å². The van der Waals surface area contributed by atoms with Crippen molar-refractivity contribution in [3.8, 4) is 5.75 Å². The van der Waals surface area contributed by atoms with E-state index in [9.17, 15) is 4.79 Å². The van der Waals surface area contributed by atoms with Crippen LogP contribution < -0.4 is 15.5 Å². The predicted molar refractivity (Wildman–Crippen MR) is 68.1 cm³/mol. The molecular weight excluding hydrogens is 230 g/mol. The van der Waals surface area contributed by atoms with Gasteiger partial charge in [0, 0.05) is 12.4 Å². The minimum Gasteiger partial charge on any atom is -0.482 e. The van der Waals surface area contributed by atoms with Crippen LogP contribution >= 0.6 is 0 Å². The Bertz CT molecular complexity index is 564. The van der Waals surface area contributed by atoms with Gasteiger partial charge in [-0.1, -0.05) is 6.07 Å². The Morgan fingerprint density at radius 3 is 3.00 bits per heavy atom. The van der Waals surface area contributed by atoms with Crippen LogP contribution in [-0.2, 0) is 11.3 Å². The summed E-state index contributed by atoms with van der Waals surface area (Å²) in [7, 11) is 0. The van der Waals surface area contributed by atoms with Gasteiger partial charge in [-0.15, -0.1) is 0 Å². The SMILES string of the molecule is O=C1COc2ccc(CNn3cccc3)cc2N1. The summed E-state index contributed by atoms with van der Waals surface area (Å²) in [5.74, 6) is 0.609. The summed E-state index contributed by atoms with van der Waals surface area (Å²) in [6.45, 7) is 0.770. The second-order valence-corrected chi connectivity index (χ2v) is 4.09. The Balaban J connectivity index is 1.73. The Morgan fingerprint density at radius 1 is 1.33 bits per heavy atom. The van der Waals surface area contributed by atoms with Crippen molar-refractivity contribution in [2.24, 2.45) is 0 Å². The van der Waals surface area contributed by atoms with Gasteiger partial charge in [-0.25, -0.2) is 0 Å². The molecule has 1 aromatic heterocycles. The van der Waals surface area contributed by atoms with E-state index in [-0.39, 0.29) is 12.5 Å². The molecule has 5 heteroatoms. The number of amides is 1. The van der Waals surface area contributed by atoms with Gasteiger partial charge >= 0.3 is 0 Å². The first-order valence-corrected chi connectivity index (χ1v) is 5.74. The van der Waals surface area contributed by atoms with E-state index in [2.05, 4.69) is 10.7 Å². The highest BCUT2D eigenvalue weighted by Crippen LogP contribution is 2.28. The monoisotopic (exact) mass is 243 g/mol. The number of hydrogen-bond donors (Lipinski definition) is 2. The number of rotatable bonds is 3. The van der Waals surface area contributed by atoms with Crippen LogP contribution in [0.1, 0.15) is 5.56 Å². The lowest BCUT2D eigenvalue weighted by molar-refractivity contribution is -0.118. The van der Waals surface area contributed by atoms with Gasteiger partial charge in [0.25, 0.3) is 5.91 Å². The summed E-state index contributed by atoms with van der Waals surface area (Å²) in [6, 6.07) is 9.68. The average Bonchev–Trinajstić information content (AvgIpc) is 2.89. The van der Waals surface area contributed by atoms with E-state index < -0.39 is 0 Å². The Labute approximate surface area is 104 Å². The van der Waals surface area contributed by atoms with E-state index >= 15 is 0 Å². The molecule has 92 valence electrons. The van der Waals surface area contributed by atoms with Crippen molar-refractivity contribution >= 4 is 11.6 Å². The number of carbonyl (C=O) groups excluding carboxylic acids is 1. The number of nitrogens with zero attached hydrogens (tertiary/aromatic N) is 1. The molecule has 0 saturated carbocycles. The quantitative estimate of drug-likeness (QED) is 0.860. The van der Waals surface area contributed by atoms with E-state index in [0.29, 0.717) is 6.54 Å². The molecule has 1 aliphatic rings. The van der Waals surface area contributed by atoms with Crippen molar-refractivity contribution in [2.45, 2.75) is 6.54 Å². The number of aromatic nitrogens is 1. The third kappa shape index (κ3) is 2.15. The third-order valence-electron chi connectivity index (χ3n) is 2.75. The predicted octanol–water partition coefficient (Wildman–Crippen LogP) is 1.56. The summed E-state index contributed by atoms with van der Waals surface area (Å²) >= 11 is 0. The first-order valence-electron chi connectivity index (χ1n) is 5.74. The van der Waals surface area contributed by atoms with Gasteiger partial charge in [-0.3, -0.25) is 9.47 Å². The van der Waals surface area contributed by atoms with Crippen molar-refractivity contribution in [1.82, 2.24) is 4.68 Å². The van der Waals surface area contributed by atoms with Crippen LogP contribution in [0.15, 0.2) is 42.7 Å². The maximum Gasteiger partial charge on any atom is 0.262 e. The third-order valence-corrected chi connectivity index (χ3v) is 2.75. The van der Waals surface area contributed by atoms with Gasteiger partial charge in [0.2, 0.25) is 0 Å². The highest BCUT2D eigenvalue weighted by molar-refractivity contribution is 5.95. The van der Waals surface area contributed by atoms with Gasteiger partial charge in [0.15, 0.2) is 6.61 Å². The summed E-state index contributed by atoms with van der Waals surface area (Å²) < 4.78 is 7.19. The van der Waals surface area contributed by atoms with Crippen LogP contribution in [0, 0.1) is 0 Å². The molecule has 0 atom stereocenters. The van der Waals surface area contributed by atoms with Crippen LogP contribution in [0.2, 0.25) is 0 Å². The van der Waals surface area contributed by atoms with Crippen LogP contribution in [0.3, 0.4) is 0 Å². The maximum absolute atomic E-state index is 11.2. The van der Waals surface area contributed by atoms with Gasteiger partial charge in [-0.05, 0) is 29.8 Å². The molecule has 1 aliphatic heterocycles. The van der Waals surface area contributed by atoms with Crippen molar-refractivity contribution in [3.05, 3.63) is 48.3 Å². The lowest BCUT2D eigenvalue weighted by atomic mass is 10.1. The zero-order chi connectivity index (χ0) is 12.4. The summed E-state index contributed by atoms with van der Waals surface area (Å²) in [6.07, 6.45) is 3.87. The molecule has 18 heavy (non-hydrogen) atoms. The molecule has 0 spiro atoms. The van der Waals surface area contributed by atoms with Gasteiger partial charge in [0.1, 0.15) is 5.75 Å². The fourth-order valence-electron chi connectivity index (χ4n) is 1.86. The molecule has 0 saturated heterocycles. The first-order chi connectivity index (χ1) is 8.81. The zero-order valence-electron chi connectivity index (χ0n) is 9.72. The van der Waals surface area contributed by atoms with Crippen LogP contribution in [0.5, 0.6) is 5.75 Å². The number of benzene rings is 1. The summed E-state index contributed by atoms with van der Waals surface area (Å²) in [4.78, 5) is 11.2. The molecule has 2 aromatic rings.